The lowest BCUT2D eigenvalue weighted by molar-refractivity contribution is 0.0952. The number of nitrogens with one attached hydrogen (secondary N) is 1. The van der Waals surface area contributed by atoms with Gasteiger partial charge in [0.25, 0.3) is 5.91 Å². The number of thiazole rings is 1. The molecule has 0 aliphatic heterocycles. The number of benzene rings is 1. The molecule has 0 spiro atoms. The van der Waals surface area contributed by atoms with E-state index in [0.29, 0.717) is 6.54 Å². The van der Waals surface area contributed by atoms with Crippen LogP contribution in [0.1, 0.15) is 55.7 Å². The number of carbonyl (C=O) groups excluding carboxylic acids is 1. The minimum absolute atomic E-state index is 0.0118. The van der Waals surface area contributed by atoms with E-state index < -0.39 is 0 Å². The molecule has 0 atom stereocenters. The Morgan fingerprint density at radius 1 is 1.28 bits per heavy atom. The van der Waals surface area contributed by atoms with Crippen LogP contribution in [-0.2, 0) is 0 Å². The standard InChI is InChI=1S/C23H29N3O2S/c1-6-7-12-24-22(27)19-13-21(26(15(2)3)16(19)4)20-14-29-23(25-20)17-8-10-18(28-5)11-9-17/h8-11,13-15H,6-7,12H2,1-5H3,(H,24,27). The Hall–Kier alpha value is -2.60. The fourth-order valence-electron chi connectivity index (χ4n) is 3.45. The maximum absolute atomic E-state index is 12.7. The average molecular weight is 412 g/mol. The van der Waals surface area contributed by atoms with Crippen molar-refractivity contribution < 1.29 is 9.53 Å². The number of methoxy groups -OCH3 is 1. The van der Waals surface area contributed by atoms with Gasteiger partial charge < -0.3 is 14.6 Å². The first kappa shape index (κ1) is 21.1. The van der Waals surface area contributed by atoms with Crippen molar-refractivity contribution in [2.45, 2.75) is 46.6 Å². The van der Waals surface area contributed by atoms with E-state index in [4.69, 9.17) is 9.72 Å². The first-order valence-electron chi connectivity index (χ1n) is 10.1. The Morgan fingerprint density at radius 2 is 2.00 bits per heavy atom. The summed E-state index contributed by atoms with van der Waals surface area (Å²) in [6.07, 6.45) is 2.05. The molecule has 0 aliphatic rings. The van der Waals surface area contributed by atoms with E-state index in [1.165, 1.54) is 0 Å². The molecule has 5 nitrogen and oxygen atoms in total. The topological polar surface area (TPSA) is 56.1 Å². The SMILES string of the molecule is CCCCNC(=O)c1cc(-c2csc(-c3ccc(OC)cc3)n2)n(C(C)C)c1C. The molecule has 0 fully saturated rings. The summed E-state index contributed by atoms with van der Waals surface area (Å²) in [4.78, 5) is 17.6. The van der Waals surface area contributed by atoms with E-state index in [-0.39, 0.29) is 11.9 Å². The predicted octanol–water partition coefficient (Wildman–Crippen LogP) is 5.71. The number of rotatable bonds is 8. The molecule has 2 heterocycles. The summed E-state index contributed by atoms with van der Waals surface area (Å²) < 4.78 is 7.43. The van der Waals surface area contributed by atoms with Crippen LogP contribution < -0.4 is 10.1 Å². The fourth-order valence-corrected chi connectivity index (χ4v) is 4.27. The quantitative estimate of drug-likeness (QED) is 0.483. The molecule has 29 heavy (non-hydrogen) atoms. The van der Waals surface area contributed by atoms with Crippen LogP contribution in [0.5, 0.6) is 5.75 Å². The normalized spacial score (nSPS) is 11.1. The molecule has 1 aromatic carbocycles. The Labute approximate surface area is 176 Å². The maximum atomic E-state index is 12.7. The van der Waals surface area contributed by atoms with Crippen LogP contribution in [0.4, 0.5) is 0 Å². The van der Waals surface area contributed by atoms with Gasteiger partial charge in [-0.3, -0.25) is 4.79 Å². The summed E-state index contributed by atoms with van der Waals surface area (Å²) >= 11 is 1.61. The molecular weight excluding hydrogens is 382 g/mol. The van der Waals surface area contributed by atoms with E-state index in [1.807, 2.05) is 37.3 Å². The van der Waals surface area contributed by atoms with E-state index in [1.54, 1.807) is 18.4 Å². The van der Waals surface area contributed by atoms with Gasteiger partial charge in [-0.1, -0.05) is 13.3 Å². The van der Waals surface area contributed by atoms with Gasteiger partial charge in [0.2, 0.25) is 0 Å². The third-order valence-electron chi connectivity index (χ3n) is 4.97. The number of amides is 1. The molecule has 3 aromatic rings. The lowest BCUT2D eigenvalue weighted by Gasteiger charge is -2.15. The minimum Gasteiger partial charge on any atom is -0.497 e. The molecule has 0 unspecified atom stereocenters. The van der Waals surface area contributed by atoms with Crippen LogP contribution in [0, 0.1) is 6.92 Å². The fraction of sp³-hybridized carbons (Fsp3) is 0.391. The molecule has 0 saturated carbocycles. The van der Waals surface area contributed by atoms with Crippen LogP contribution in [0.2, 0.25) is 0 Å². The number of hydrogen-bond donors (Lipinski definition) is 1. The summed E-state index contributed by atoms with van der Waals surface area (Å²) in [5.74, 6) is 0.816. The van der Waals surface area contributed by atoms with Gasteiger partial charge in [-0.05, 0) is 57.5 Å². The summed E-state index contributed by atoms with van der Waals surface area (Å²) in [5, 5.41) is 6.04. The molecule has 3 rings (SSSR count). The van der Waals surface area contributed by atoms with E-state index in [0.717, 1.165) is 51.8 Å². The summed E-state index contributed by atoms with van der Waals surface area (Å²) in [6.45, 7) is 9.09. The van der Waals surface area contributed by atoms with Gasteiger partial charge in [-0.25, -0.2) is 4.98 Å². The third kappa shape index (κ3) is 4.53. The maximum Gasteiger partial charge on any atom is 0.253 e. The van der Waals surface area contributed by atoms with Crippen molar-refractivity contribution in [3.05, 3.63) is 47.0 Å². The smallest absolute Gasteiger partial charge is 0.253 e. The zero-order chi connectivity index (χ0) is 21.0. The van der Waals surface area contributed by atoms with Gasteiger partial charge in [-0.2, -0.15) is 0 Å². The highest BCUT2D eigenvalue weighted by Crippen LogP contribution is 2.33. The van der Waals surface area contributed by atoms with Crippen molar-refractivity contribution in [2.24, 2.45) is 0 Å². The van der Waals surface area contributed by atoms with Crippen molar-refractivity contribution >= 4 is 17.2 Å². The largest absolute Gasteiger partial charge is 0.497 e. The van der Waals surface area contributed by atoms with Crippen molar-refractivity contribution in [2.75, 3.05) is 13.7 Å². The van der Waals surface area contributed by atoms with E-state index >= 15 is 0 Å². The highest BCUT2D eigenvalue weighted by molar-refractivity contribution is 7.13. The number of unbranched alkanes of at least 4 members (excludes halogenated alkanes) is 1. The minimum atomic E-state index is -0.0118. The van der Waals surface area contributed by atoms with Crippen LogP contribution in [0.3, 0.4) is 0 Å². The molecule has 0 radical (unpaired) electrons. The number of carbonyl (C=O) groups is 1. The van der Waals surface area contributed by atoms with Gasteiger partial charge in [0, 0.05) is 29.2 Å². The highest BCUT2D eigenvalue weighted by atomic mass is 32.1. The zero-order valence-corrected chi connectivity index (χ0v) is 18.6. The lowest BCUT2D eigenvalue weighted by atomic mass is 10.2. The van der Waals surface area contributed by atoms with Crippen molar-refractivity contribution in [3.63, 3.8) is 0 Å². The first-order valence-corrected chi connectivity index (χ1v) is 10.9. The Kier molecular flexibility index (Phi) is 6.75. The Bertz CT molecular complexity index is 971. The molecule has 0 saturated heterocycles. The molecule has 1 N–H and O–H groups in total. The number of hydrogen-bond acceptors (Lipinski definition) is 4. The summed E-state index contributed by atoms with van der Waals surface area (Å²) in [5.41, 5.74) is 4.63. The lowest BCUT2D eigenvalue weighted by Crippen LogP contribution is -2.24. The Balaban J connectivity index is 1.94. The molecule has 6 heteroatoms. The van der Waals surface area contributed by atoms with Gasteiger partial charge in [0.05, 0.1) is 24.1 Å². The third-order valence-corrected chi connectivity index (χ3v) is 5.86. The molecule has 2 aromatic heterocycles. The second-order valence-corrected chi connectivity index (χ2v) is 8.23. The molecular formula is C23H29N3O2S. The molecule has 1 amide bonds. The summed E-state index contributed by atoms with van der Waals surface area (Å²) in [7, 11) is 1.66. The number of aromatic nitrogens is 2. The highest BCUT2D eigenvalue weighted by Gasteiger charge is 2.21. The monoisotopic (exact) mass is 411 g/mol. The van der Waals surface area contributed by atoms with Gasteiger partial charge in [0.15, 0.2) is 0 Å². The van der Waals surface area contributed by atoms with E-state index in [9.17, 15) is 4.79 Å². The average Bonchev–Trinajstić information content (AvgIpc) is 3.33. The predicted molar refractivity (Wildman–Crippen MR) is 120 cm³/mol. The van der Waals surface area contributed by atoms with Crippen molar-refractivity contribution in [1.29, 1.82) is 0 Å². The van der Waals surface area contributed by atoms with Crippen LogP contribution in [0.25, 0.3) is 22.0 Å². The van der Waals surface area contributed by atoms with Gasteiger partial charge in [-0.15, -0.1) is 11.3 Å². The van der Waals surface area contributed by atoms with Crippen LogP contribution >= 0.6 is 11.3 Å². The zero-order valence-electron chi connectivity index (χ0n) is 17.8. The van der Waals surface area contributed by atoms with Crippen LogP contribution in [-0.4, -0.2) is 29.1 Å². The second-order valence-electron chi connectivity index (χ2n) is 7.37. The van der Waals surface area contributed by atoms with Gasteiger partial charge >= 0.3 is 0 Å². The Morgan fingerprint density at radius 3 is 2.62 bits per heavy atom. The second kappa shape index (κ2) is 9.27. The van der Waals surface area contributed by atoms with Crippen LogP contribution in [0.15, 0.2) is 35.7 Å². The summed E-state index contributed by atoms with van der Waals surface area (Å²) in [6, 6.07) is 10.1. The van der Waals surface area contributed by atoms with E-state index in [2.05, 4.69) is 36.0 Å². The number of nitrogens with zero attached hydrogens (tertiary/aromatic N) is 2. The molecule has 0 bridgehead atoms. The molecule has 0 aliphatic carbocycles. The first-order chi connectivity index (χ1) is 14.0. The van der Waals surface area contributed by atoms with Crippen molar-refractivity contribution in [3.8, 4) is 27.7 Å². The van der Waals surface area contributed by atoms with Crippen molar-refractivity contribution in [1.82, 2.24) is 14.9 Å². The number of ether oxygens (including phenoxy) is 1. The molecule has 154 valence electrons. The van der Waals surface area contributed by atoms with Gasteiger partial charge in [0.1, 0.15) is 10.8 Å².